The van der Waals surface area contributed by atoms with E-state index in [1.54, 1.807) is 25.3 Å². The number of nitrogens with one attached hydrogen (secondary N) is 1. The van der Waals surface area contributed by atoms with E-state index in [2.05, 4.69) is 5.32 Å². The Balaban J connectivity index is 0.00000288. The highest BCUT2D eigenvalue weighted by Crippen LogP contribution is 2.20. The fourth-order valence-electron chi connectivity index (χ4n) is 2.16. The number of halogens is 1. The summed E-state index contributed by atoms with van der Waals surface area (Å²) in [4.78, 5) is 12.2. The minimum absolute atomic E-state index is 0. The van der Waals surface area contributed by atoms with Crippen LogP contribution >= 0.6 is 12.4 Å². The summed E-state index contributed by atoms with van der Waals surface area (Å²) in [6.45, 7) is 4.17. The number of aryl methyl sites for hydroxylation is 1. The number of methoxy groups -OCH3 is 1. The highest BCUT2D eigenvalue weighted by Gasteiger charge is 2.12. The predicted molar refractivity (Wildman–Crippen MR) is 98.3 cm³/mol. The van der Waals surface area contributed by atoms with Crippen molar-refractivity contribution in [1.29, 1.82) is 0 Å². The van der Waals surface area contributed by atoms with Crippen LogP contribution in [0.5, 0.6) is 11.5 Å². The molecule has 24 heavy (non-hydrogen) atoms. The molecule has 0 bridgehead atoms. The average Bonchev–Trinajstić information content (AvgIpc) is 2.55. The van der Waals surface area contributed by atoms with Crippen molar-refractivity contribution in [3.8, 4) is 11.5 Å². The van der Waals surface area contributed by atoms with Crippen molar-refractivity contribution < 1.29 is 14.3 Å². The van der Waals surface area contributed by atoms with E-state index in [9.17, 15) is 4.79 Å². The molecule has 2 rings (SSSR count). The van der Waals surface area contributed by atoms with E-state index in [-0.39, 0.29) is 24.4 Å². The molecule has 0 heterocycles. The number of benzene rings is 2. The summed E-state index contributed by atoms with van der Waals surface area (Å²) in [5, 5.41) is 2.86. The molecule has 1 amide bonds. The Hall–Kier alpha value is -2.40. The van der Waals surface area contributed by atoms with E-state index in [1.807, 2.05) is 38.1 Å². The Bertz CT molecular complexity index is 692. The molecule has 1 atom stereocenters. The number of anilines is 1. The molecule has 0 fully saturated rings. The second kappa shape index (κ2) is 9.03. The van der Waals surface area contributed by atoms with Crippen LogP contribution in [-0.2, 0) is 0 Å². The van der Waals surface area contributed by atoms with Crippen molar-refractivity contribution in [2.45, 2.75) is 20.0 Å². The molecule has 0 radical (unpaired) electrons. The van der Waals surface area contributed by atoms with Gasteiger partial charge in [0.2, 0.25) is 0 Å². The third-order valence-electron chi connectivity index (χ3n) is 3.43. The van der Waals surface area contributed by atoms with E-state index in [1.165, 1.54) is 0 Å². The Morgan fingerprint density at radius 3 is 2.62 bits per heavy atom. The fourth-order valence-corrected chi connectivity index (χ4v) is 2.16. The Morgan fingerprint density at radius 1 is 1.21 bits per heavy atom. The number of nitrogen functional groups attached to an aromatic ring is 1. The van der Waals surface area contributed by atoms with Crippen LogP contribution in [0.4, 0.5) is 5.69 Å². The van der Waals surface area contributed by atoms with Gasteiger partial charge in [0.15, 0.2) is 0 Å². The van der Waals surface area contributed by atoms with Crippen LogP contribution in [0, 0.1) is 6.92 Å². The molecular weight excluding hydrogens is 328 g/mol. The van der Waals surface area contributed by atoms with E-state index < -0.39 is 0 Å². The molecule has 0 aliphatic carbocycles. The van der Waals surface area contributed by atoms with Crippen molar-refractivity contribution in [2.24, 2.45) is 0 Å². The summed E-state index contributed by atoms with van der Waals surface area (Å²) < 4.78 is 10.9. The molecule has 0 aliphatic heterocycles. The first-order valence-corrected chi connectivity index (χ1v) is 7.44. The third kappa shape index (κ3) is 5.35. The minimum atomic E-state index is -0.174. The summed E-state index contributed by atoms with van der Waals surface area (Å²) in [6, 6.07) is 12.7. The number of carbonyl (C=O) groups is 1. The van der Waals surface area contributed by atoms with Crippen LogP contribution in [0.3, 0.4) is 0 Å². The molecule has 130 valence electrons. The number of amides is 1. The van der Waals surface area contributed by atoms with Gasteiger partial charge in [-0.05, 0) is 43.7 Å². The molecule has 0 saturated carbocycles. The van der Waals surface area contributed by atoms with Crippen LogP contribution in [-0.4, -0.2) is 25.7 Å². The zero-order chi connectivity index (χ0) is 16.8. The summed E-state index contributed by atoms with van der Waals surface area (Å²) in [5.74, 6) is 1.27. The van der Waals surface area contributed by atoms with Gasteiger partial charge in [0.05, 0.1) is 13.7 Å². The number of rotatable bonds is 6. The van der Waals surface area contributed by atoms with E-state index in [0.717, 1.165) is 11.3 Å². The number of ether oxygens (including phenoxy) is 2. The maximum Gasteiger partial charge on any atom is 0.251 e. The molecule has 6 heteroatoms. The Labute approximate surface area is 148 Å². The molecule has 0 aliphatic rings. The Morgan fingerprint density at radius 2 is 1.92 bits per heavy atom. The van der Waals surface area contributed by atoms with E-state index in [0.29, 0.717) is 23.5 Å². The molecule has 0 aromatic heterocycles. The van der Waals surface area contributed by atoms with Crippen molar-refractivity contribution in [3.63, 3.8) is 0 Å². The van der Waals surface area contributed by atoms with Gasteiger partial charge >= 0.3 is 0 Å². The number of carbonyl (C=O) groups excluding carboxylic acids is 1. The lowest BCUT2D eigenvalue weighted by Gasteiger charge is -2.16. The smallest absolute Gasteiger partial charge is 0.251 e. The highest BCUT2D eigenvalue weighted by atomic mass is 35.5. The summed E-state index contributed by atoms with van der Waals surface area (Å²) in [7, 11) is 1.61. The summed E-state index contributed by atoms with van der Waals surface area (Å²) in [6.07, 6.45) is -0.174. The fraction of sp³-hybridized carbons (Fsp3) is 0.278. The Kier molecular flexibility index (Phi) is 7.39. The molecule has 0 saturated heterocycles. The third-order valence-corrected chi connectivity index (χ3v) is 3.43. The molecule has 1 unspecified atom stereocenters. The second-order valence-corrected chi connectivity index (χ2v) is 5.39. The second-order valence-electron chi connectivity index (χ2n) is 5.39. The van der Waals surface area contributed by atoms with Crippen molar-refractivity contribution in [2.75, 3.05) is 19.4 Å². The van der Waals surface area contributed by atoms with Gasteiger partial charge in [0, 0.05) is 17.3 Å². The first-order valence-electron chi connectivity index (χ1n) is 7.44. The van der Waals surface area contributed by atoms with Crippen LogP contribution in [0.15, 0.2) is 42.5 Å². The van der Waals surface area contributed by atoms with Gasteiger partial charge in [-0.15, -0.1) is 12.4 Å². The maximum atomic E-state index is 12.2. The zero-order valence-corrected chi connectivity index (χ0v) is 14.9. The molecule has 0 spiro atoms. The van der Waals surface area contributed by atoms with Crippen LogP contribution in [0.1, 0.15) is 22.8 Å². The first-order chi connectivity index (χ1) is 11.0. The van der Waals surface area contributed by atoms with Crippen LogP contribution in [0.25, 0.3) is 0 Å². The van der Waals surface area contributed by atoms with Gasteiger partial charge in [-0.25, -0.2) is 0 Å². The van der Waals surface area contributed by atoms with Crippen molar-refractivity contribution in [1.82, 2.24) is 5.32 Å². The SMILES string of the molecule is COc1cccc(OC(C)CNC(=O)c2cc(N)ccc2C)c1.Cl. The monoisotopic (exact) mass is 350 g/mol. The average molecular weight is 351 g/mol. The molecule has 2 aromatic rings. The molecular formula is C18H23ClN2O3. The van der Waals surface area contributed by atoms with E-state index >= 15 is 0 Å². The van der Waals surface area contributed by atoms with Crippen molar-refractivity contribution >= 4 is 24.0 Å². The lowest BCUT2D eigenvalue weighted by Crippen LogP contribution is -2.33. The number of hydrogen-bond donors (Lipinski definition) is 2. The predicted octanol–water partition coefficient (Wildman–Crippen LogP) is 3.20. The van der Waals surface area contributed by atoms with Gasteiger partial charge in [-0.1, -0.05) is 12.1 Å². The normalized spacial score (nSPS) is 11.1. The van der Waals surface area contributed by atoms with Gasteiger partial charge in [-0.3, -0.25) is 4.79 Å². The van der Waals surface area contributed by atoms with Crippen LogP contribution < -0.4 is 20.5 Å². The summed E-state index contributed by atoms with van der Waals surface area (Å²) in [5.41, 5.74) is 7.77. The van der Waals surface area contributed by atoms with E-state index in [4.69, 9.17) is 15.2 Å². The number of hydrogen-bond acceptors (Lipinski definition) is 4. The quantitative estimate of drug-likeness (QED) is 0.784. The lowest BCUT2D eigenvalue weighted by atomic mass is 10.1. The molecule has 5 nitrogen and oxygen atoms in total. The van der Waals surface area contributed by atoms with Gasteiger partial charge in [0.1, 0.15) is 17.6 Å². The van der Waals surface area contributed by atoms with Gasteiger partial charge in [-0.2, -0.15) is 0 Å². The van der Waals surface area contributed by atoms with Crippen molar-refractivity contribution in [3.05, 3.63) is 53.6 Å². The maximum absolute atomic E-state index is 12.2. The topological polar surface area (TPSA) is 73.6 Å². The van der Waals surface area contributed by atoms with Crippen LogP contribution in [0.2, 0.25) is 0 Å². The van der Waals surface area contributed by atoms with Gasteiger partial charge < -0.3 is 20.5 Å². The lowest BCUT2D eigenvalue weighted by molar-refractivity contribution is 0.0931. The minimum Gasteiger partial charge on any atom is -0.497 e. The standard InChI is InChI=1S/C18H22N2O3.ClH/c1-12-7-8-14(19)9-17(12)18(21)20-11-13(2)23-16-6-4-5-15(10-16)22-3;/h4-10,13H,11,19H2,1-3H3,(H,20,21);1H. The largest absolute Gasteiger partial charge is 0.497 e. The highest BCUT2D eigenvalue weighted by molar-refractivity contribution is 5.96. The first kappa shape index (κ1) is 19.6. The number of nitrogens with two attached hydrogens (primary N) is 1. The zero-order valence-electron chi connectivity index (χ0n) is 14.0. The summed E-state index contributed by atoms with van der Waals surface area (Å²) >= 11 is 0. The van der Waals surface area contributed by atoms with Gasteiger partial charge in [0.25, 0.3) is 5.91 Å². The molecule has 3 N–H and O–H groups in total. The molecule has 2 aromatic carbocycles.